The number of esters is 1. The summed E-state index contributed by atoms with van der Waals surface area (Å²) >= 11 is 0. The van der Waals surface area contributed by atoms with Gasteiger partial charge in [-0.25, -0.2) is 4.39 Å². The van der Waals surface area contributed by atoms with E-state index in [1.165, 1.54) is 39.0 Å². The fourth-order valence-corrected chi connectivity index (χ4v) is 12.0. The molecule has 1 saturated heterocycles. The number of aromatic nitrogens is 2. The van der Waals surface area contributed by atoms with E-state index in [-0.39, 0.29) is 48.7 Å². The van der Waals surface area contributed by atoms with E-state index in [1.807, 2.05) is 57.1 Å². The number of fused-ring (bicyclic) bond motifs is 1. The number of pyridine rings is 1. The minimum absolute atomic E-state index is 0.0676. The first kappa shape index (κ1) is 67.1. The van der Waals surface area contributed by atoms with Crippen LogP contribution in [0.25, 0.3) is 33.3 Å². The highest BCUT2D eigenvalue weighted by molar-refractivity contribution is 5.95. The molecule has 0 spiro atoms. The van der Waals surface area contributed by atoms with Gasteiger partial charge in [-0.05, 0) is 180 Å². The maximum absolute atomic E-state index is 14.7. The van der Waals surface area contributed by atoms with Crippen LogP contribution in [0, 0.1) is 41.4 Å². The lowest BCUT2D eigenvalue weighted by Crippen LogP contribution is -2.53. The summed E-state index contributed by atoms with van der Waals surface area (Å²) in [6.07, 6.45) is 22.7. The van der Waals surface area contributed by atoms with E-state index in [1.54, 1.807) is 13.0 Å². The van der Waals surface area contributed by atoms with E-state index in [9.17, 15) is 23.6 Å². The van der Waals surface area contributed by atoms with Crippen molar-refractivity contribution in [1.82, 2.24) is 30.0 Å². The van der Waals surface area contributed by atoms with Crippen LogP contribution in [0.2, 0.25) is 0 Å². The van der Waals surface area contributed by atoms with Crippen LogP contribution < -0.4 is 10.6 Å². The number of alkyl halides is 1. The molecule has 3 fully saturated rings. The zero-order valence-corrected chi connectivity index (χ0v) is 51.7. The van der Waals surface area contributed by atoms with Crippen molar-refractivity contribution in [2.75, 3.05) is 46.4 Å². The highest BCUT2D eigenvalue weighted by Gasteiger charge is 2.40. The number of aldehydes is 1. The van der Waals surface area contributed by atoms with Crippen molar-refractivity contribution in [3.05, 3.63) is 77.1 Å². The van der Waals surface area contributed by atoms with Gasteiger partial charge < -0.3 is 29.6 Å². The number of carbonyl (C=O) groups is 4. The summed E-state index contributed by atoms with van der Waals surface area (Å²) in [6, 6.07) is 15.0. The van der Waals surface area contributed by atoms with Gasteiger partial charge in [-0.3, -0.25) is 24.3 Å². The fourth-order valence-electron chi connectivity index (χ4n) is 12.0. The van der Waals surface area contributed by atoms with Gasteiger partial charge in [0.25, 0.3) is 0 Å². The number of halogens is 1. The van der Waals surface area contributed by atoms with Gasteiger partial charge in [-0.15, -0.1) is 12.3 Å². The Bertz CT molecular complexity index is 2590. The SMILES string of the molecule is C#CCCCCNC.CC.CCCC(C)C1CC1.CCN(CC1CCN(C(C(=O)NC(C=O)Cc2cc(CF)cc(-c3ccc4c(c3)c(CC(C)(C)COC(C)=O)c(-c3cccnc3C(C)C)n4CC)c2)C2CCCC2)C1)C(C)=O. The maximum Gasteiger partial charge on any atom is 0.302 e. The zero-order chi connectivity index (χ0) is 58.9. The van der Waals surface area contributed by atoms with Gasteiger partial charge in [0.1, 0.15) is 13.0 Å². The first-order chi connectivity index (χ1) is 38.4. The van der Waals surface area contributed by atoms with Gasteiger partial charge >= 0.3 is 5.97 Å². The minimum atomic E-state index is -0.787. The number of nitrogens with one attached hydrogen (secondary N) is 2. The molecule has 2 aromatic carbocycles. The van der Waals surface area contributed by atoms with Crippen molar-refractivity contribution in [3.63, 3.8) is 0 Å². The summed E-state index contributed by atoms with van der Waals surface area (Å²) in [6.45, 7) is 28.6. The Balaban J connectivity index is 0.000000655. The molecule has 4 unspecified atom stereocenters. The van der Waals surface area contributed by atoms with Crippen LogP contribution in [0.5, 0.6) is 0 Å². The highest BCUT2D eigenvalue weighted by atomic mass is 19.1. The number of amides is 2. The van der Waals surface area contributed by atoms with Crippen LogP contribution in [-0.2, 0) is 50.0 Å². The molecule has 7 rings (SSSR count). The predicted octanol–water partition coefficient (Wildman–Crippen LogP) is 14.0. The molecule has 2 aliphatic carbocycles. The lowest BCUT2D eigenvalue weighted by molar-refractivity contribution is -0.144. The van der Waals surface area contributed by atoms with E-state index < -0.39 is 18.1 Å². The Morgan fingerprint density at radius 1 is 0.950 bits per heavy atom. The summed E-state index contributed by atoms with van der Waals surface area (Å²) in [5, 5.41) is 7.24. The van der Waals surface area contributed by atoms with E-state index in [4.69, 9.17) is 16.1 Å². The Labute approximate surface area is 482 Å². The third-order valence-electron chi connectivity index (χ3n) is 16.2. The van der Waals surface area contributed by atoms with Gasteiger partial charge in [0, 0.05) is 74.5 Å². The third-order valence-corrected chi connectivity index (χ3v) is 16.2. The average Bonchev–Trinajstić information content (AvgIpc) is 3.98. The van der Waals surface area contributed by atoms with Crippen LogP contribution in [0.4, 0.5) is 4.39 Å². The van der Waals surface area contributed by atoms with Crippen molar-refractivity contribution >= 4 is 35.0 Å². The third kappa shape index (κ3) is 20.0. The number of hydrogen-bond acceptors (Lipinski definition) is 8. The lowest BCUT2D eigenvalue weighted by Gasteiger charge is -2.33. The number of ether oxygens (including phenoxy) is 1. The van der Waals surface area contributed by atoms with E-state index in [2.05, 4.69) is 98.8 Å². The summed E-state index contributed by atoms with van der Waals surface area (Å²) < 4.78 is 22.6. The monoisotopic (exact) mass is 1100 g/mol. The van der Waals surface area contributed by atoms with Crippen molar-refractivity contribution < 1.29 is 28.3 Å². The number of rotatable bonds is 26. The van der Waals surface area contributed by atoms with Crippen LogP contribution >= 0.6 is 0 Å². The summed E-state index contributed by atoms with van der Waals surface area (Å²) in [7, 11) is 1.95. The van der Waals surface area contributed by atoms with Crippen molar-refractivity contribution in [2.24, 2.45) is 29.1 Å². The Morgan fingerprint density at radius 2 is 1.66 bits per heavy atom. The number of likely N-dealkylation sites (tertiary alicyclic amines) is 1. The fraction of sp³-hybridized carbons (Fsp3) is 0.632. The summed E-state index contributed by atoms with van der Waals surface area (Å²) in [4.78, 5) is 60.1. The number of unbranched alkanes of at least 4 members (excludes halogenated alkanes) is 2. The molecule has 4 atom stereocenters. The lowest BCUT2D eigenvalue weighted by atomic mass is 9.84. The summed E-state index contributed by atoms with van der Waals surface area (Å²) in [5.74, 6) is 5.06. The van der Waals surface area contributed by atoms with E-state index >= 15 is 0 Å². The standard InChI is InChI=1S/C51H68FN5O5.C8H16.C7H13N.C2H6/c1-9-55(34(5)59)29-36-19-21-56(30-36)48(39-14-11-12-15-39)50(61)54-42(31-58)25-37-22-38(28-52)24-41(23-37)40-17-18-46-44(26-40)45(27-51(7,8)32-62-35(6)60)49(57(46)10-2)43-16-13-20-53-47(43)33(3)4;1-3-4-7(2)8-5-6-8;1-3-4-5-6-7-8-2;1-2/h13,16-18,20,22-24,26,31,33,36,39,42,48H,9-12,14-15,19,21,25,27-30,32H2,1-8H3,(H,54,61);7-8H,3-6H2,1-2H3;1,8H,4-7H2,2H3;1-2H3. The smallest absolute Gasteiger partial charge is 0.302 e. The topological polar surface area (TPSA) is 126 Å². The molecule has 4 aromatic rings. The molecule has 0 bridgehead atoms. The van der Waals surface area contributed by atoms with Gasteiger partial charge in [-0.1, -0.05) is 99.3 Å². The molecule has 2 N–H and O–H groups in total. The van der Waals surface area contributed by atoms with Gasteiger partial charge in [0.2, 0.25) is 11.8 Å². The van der Waals surface area contributed by atoms with E-state index in [0.29, 0.717) is 31.0 Å². The molecule has 442 valence electrons. The van der Waals surface area contributed by atoms with Crippen LogP contribution in [0.15, 0.2) is 54.7 Å². The highest BCUT2D eigenvalue weighted by Crippen LogP contribution is 2.42. The number of hydrogen-bond donors (Lipinski definition) is 2. The minimum Gasteiger partial charge on any atom is -0.465 e. The first-order valence-corrected chi connectivity index (χ1v) is 30.7. The number of terminal acetylenes is 1. The zero-order valence-electron chi connectivity index (χ0n) is 51.7. The second-order valence-electron chi connectivity index (χ2n) is 23.7. The van der Waals surface area contributed by atoms with Crippen LogP contribution in [0.1, 0.15) is 188 Å². The molecule has 80 heavy (non-hydrogen) atoms. The quantitative estimate of drug-likeness (QED) is 0.0276. The maximum atomic E-state index is 14.7. The second kappa shape index (κ2) is 34.2. The molecular formula is C68H103FN6O5. The Morgan fingerprint density at radius 3 is 2.25 bits per heavy atom. The molecule has 0 radical (unpaired) electrons. The normalized spacial score (nSPS) is 16.5. The molecule has 2 aromatic heterocycles. The molecule has 2 saturated carbocycles. The summed E-state index contributed by atoms with van der Waals surface area (Å²) in [5.41, 5.74) is 7.97. The van der Waals surface area contributed by atoms with Gasteiger partial charge in [0.05, 0.1) is 30.1 Å². The van der Waals surface area contributed by atoms with Crippen molar-refractivity contribution in [1.29, 1.82) is 0 Å². The molecule has 2 amide bonds. The Kier molecular flexibility index (Phi) is 28.7. The number of aryl methyl sites for hydroxylation is 1. The first-order valence-electron chi connectivity index (χ1n) is 30.7. The number of benzene rings is 2. The largest absolute Gasteiger partial charge is 0.465 e. The second-order valence-corrected chi connectivity index (χ2v) is 23.7. The molecule has 11 nitrogen and oxygen atoms in total. The number of nitrogens with zero attached hydrogens (tertiary/aromatic N) is 4. The van der Waals surface area contributed by atoms with Crippen LogP contribution in [-0.4, -0.2) is 102 Å². The average molecular weight is 1100 g/mol. The van der Waals surface area contributed by atoms with Crippen LogP contribution in [0.3, 0.4) is 0 Å². The molecule has 3 aliphatic rings. The molecule has 1 aliphatic heterocycles. The Hall–Kier alpha value is -5.38. The van der Waals surface area contributed by atoms with Gasteiger partial charge in [0.15, 0.2) is 0 Å². The molecule has 12 heteroatoms. The molecular weight excluding hydrogens is 1000 g/mol. The molecule has 3 heterocycles. The van der Waals surface area contributed by atoms with E-state index in [0.717, 1.165) is 139 Å². The van der Waals surface area contributed by atoms with Crippen molar-refractivity contribution in [2.45, 2.75) is 204 Å². The number of carbonyl (C=O) groups excluding carboxylic acids is 4. The predicted molar refractivity (Wildman–Crippen MR) is 329 cm³/mol. The van der Waals surface area contributed by atoms with Gasteiger partial charge in [-0.2, -0.15) is 0 Å². The van der Waals surface area contributed by atoms with Crippen molar-refractivity contribution in [3.8, 4) is 34.7 Å².